The summed E-state index contributed by atoms with van der Waals surface area (Å²) in [5.74, 6) is -0.130. The van der Waals surface area contributed by atoms with Crippen molar-refractivity contribution in [3.63, 3.8) is 0 Å². The predicted molar refractivity (Wildman–Crippen MR) is 133 cm³/mol. The third kappa shape index (κ3) is 5.91. The number of rotatable bonds is 6. The minimum atomic E-state index is -4.90. The van der Waals surface area contributed by atoms with Gasteiger partial charge in [0.05, 0.1) is 23.9 Å². The maximum atomic E-state index is 13.3. The summed E-state index contributed by atoms with van der Waals surface area (Å²) in [6, 6.07) is 12.9. The van der Waals surface area contributed by atoms with Crippen LogP contribution >= 0.6 is 11.6 Å². The number of piperazine rings is 1. The molecule has 2 aromatic carbocycles. The Kier molecular flexibility index (Phi) is 7.51. The number of aromatic nitrogens is 1. The van der Waals surface area contributed by atoms with Crippen molar-refractivity contribution in [3.05, 3.63) is 76.9 Å². The number of hydrogen-bond acceptors (Lipinski definition) is 7. The molecule has 0 unspecified atom stereocenters. The summed E-state index contributed by atoms with van der Waals surface area (Å²) in [6.45, 7) is 2.59. The Balaban J connectivity index is 1.44. The number of nitrogens with zero attached hydrogens (tertiary/aromatic N) is 3. The second-order valence-electron chi connectivity index (χ2n) is 8.12. The molecule has 1 aliphatic heterocycles. The number of amides is 1. The first-order chi connectivity index (χ1) is 17.5. The van der Waals surface area contributed by atoms with Crippen LogP contribution in [0, 0.1) is 0 Å². The molecule has 3 aromatic rings. The summed E-state index contributed by atoms with van der Waals surface area (Å²) >= 11 is 5.62. The van der Waals surface area contributed by atoms with E-state index in [1.807, 2.05) is 29.2 Å². The second kappa shape index (κ2) is 10.5. The summed E-state index contributed by atoms with van der Waals surface area (Å²) in [7, 11) is -2.87. The van der Waals surface area contributed by atoms with Gasteiger partial charge in [0.1, 0.15) is 16.5 Å². The molecule has 1 fully saturated rings. The number of carbonyl (C=O) groups excluding carboxylic acids is 1. The minimum absolute atomic E-state index is 0.240. The van der Waals surface area contributed by atoms with Crippen LogP contribution in [0.2, 0.25) is 5.02 Å². The maximum Gasteiger partial charge on any atom is 0.417 e. The number of nitrogens with one attached hydrogen (secondary N) is 1. The van der Waals surface area contributed by atoms with E-state index in [0.717, 1.165) is 29.8 Å². The molecule has 2 heterocycles. The lowest BCUT2D eigenvalue weighted by Gasteiger charge is -2.37. The quantitative estimate of drug-likeness (QED) is 0.488. The van der Waals surface area contributed by atoms with Crippen LogP contribution in [0.15, 0.2) is 65.7 Å². The number of halogens is 4. The van der Waals surface area contributed by atoms with Gasteiger partial charge in [-0.1, -0.05) is 23.7 Å². The van der Waals surface area contributed by atoms with Gasteiger partial charge in [0.2, 0.25) is 0 Å². The molecule has 1 N–H and O–H groups in total. The molecule has 37 heavy (non-hydrogen) atoms. The van der Waals surface area contributed by atoms with E-state index in [1.165, 1.54) is 12.1 Å². The van der Waals surface area contributed by atoms with Gasteiger partial charge >= 0.3 is 6.18 Å². The van der Waals surface area contributed by atoms with E-state index in [0.29, 0.717) is 38.1 Å². The van der Waals surface area contributed by atoms with Gasteiger partial charge in [-0.05, 0) is 42.5 Å². The van der Waals surface area contributed by atoms with Crippen LogP contribution in [0.1, 0.15) is 15.9 Å². The first kappa shape index (κ1) is 26.6. The summed E-state index contributed by atoms with van der Waals surface area (Å²) in [5, 5.41) is -0.240. The molecule has 13 heteroatoms. The number of carbonyl (C=O) groups is 1. The Labute approximate surface area is 216 Å². The van der Waals surface area contributed by atoms with E-state index in [-0.39, 0.29) is 9.92 Å². The summed E-state index contributed by atoms with van der Waals surface area (Å²) in [4.78, 5) is 20.4. The van der Waals surface area contributed by atoms with Gasteiger partial charge in [-0.25, -0.2) is 18.1 Å². The fraction of sp³-hybridized carbons (Fsp3) is 0.250. The molecule has 0 bridgehead atoms. The van der Waals surface area contributed by atoms with E-state index in [9.17, 15) is 26.4 Å². The Bertz CT molecular complexity index is 1390. The van der Waals surface area contributed by atoms with E-state index in [4.69, 9.17) is 16.3 Å². The molecule has 1 amide bonds. The lowest BCUT2D eigenvalue weighted by Crippen LogP contribution is -2.47. The zero-order chi connectivity index (χ0) is 26.8. The second-order valence-corrected chi connectivity index (χ2v) is 10.2. The molecule has 4 rings (SSSR count). The van der Waals surface area contributed by atoms with Crippen LogP contribution < -0.4 is 19.3 Å². The van der Waals surface area contributed by atoms with Gasteiger partial charge in [-0.2, -0.15) is 13.2 Å². The van der Waals surface area contributed by atoms with E-state index in [2.05, 4.69) is 9.88 Å². The Hall–Kier alpha value is -3.51. The third-order valence-corrected chi connectivity index (χ3v) is 7.37. The number of para-hydroxylation sites is 2. The number of pyridine rings is 1. The monoisotopic (exact) mass is 554 g/mol. The summed E-state index contributed by atoms with van der Waals surface area (Å²) in [6.07, 6.45) is -3.84. The van der Waals surface area contributed by atoms with Crippen molar-refractivity contribution < 1.29 is 31.1 Å². The number of ether oxygens (including phenoxy) is 1. The van der Waals surface area contributed by atoms with Crippen molar-refractivity contribution in [1.29, 1.82) is 0 Å². The van der Waals surface area contributed by atoms with E-state index < -0.39 is 33.2 Å². The molecular formula is C24H22ClF3N4O4S. The lowest BCUT2D eigenvalue weighted by atomic mass is 10.1. The number of methoxy groups -OCH3 is 1. The first-order valence-corrected chi connectivity index (χ1v) is 12.9. The number of hydrogen-bond donors (Lipinski definition) is 1. The molecule has 196 valence electrons. The van der Waals surface area contributed by atoms with Crippen LogP contribution in [-0.4, -0.2) is 52.6 Å². The van der Waals surface area contributed by atoms with Crippen molar-refractivity contribution in [2.24, 2.45) is 0 Å². The van der Waals surface area contributed by atoms with Crippen molar-refractivity contribution >= 4 is 39.0 Å². The van der Waals surface area contributed by atoms with Crippen molar-refractivity contribution in [2.45, 2.75) is 11.1 Å². The highest BCUT2D eigenvalue weighted by molar-refractivity contribution is 7.90. The molecule has 0 saturated carbocycles. The van der Waals surface area contributed by atoms with E-state index >= 15 is 0 Å². The first-order valence-electron chi connectivity index (χ1n) is 11.0. The minimum Gasteiger partial charge on any atom is -0.495 e. The lowest BCUT2D eigenvalue weighted by molar-refractivity contribution is -0.137. The number of alkyl halides is 3. The van der Waals surface area contributed by atoms with Crippen molar-refractivity contribution in [3.8, 4) is 5.75 Å². The average Bonchev–Trinajstić information content (AvgIpc) is 2.88. The van der Waals surface area contributed by atoms with Crippen LogP contribution in [0.25, 0.3) is 0 Å². The average molecular weight is 555 g/mol. The van der Waals surface area contributed by atoms with Crippen LogP contribution in [0.4, 0.5) is 24.7 Å². The molecule has 8 nitrogen and oxygen atoms in total. The predicted octanol–water partition coefficient (Wildman–Crippen LogP) is 4.21. The summed E-state index contributed by atoms with van der Waals surface area (Å²) in [5.41, 5.74) is -1.23. The highest BCUT2D eigenvalue weighted by Crippen LogP contribution is 2.34. The van der Waals surface area contributed by atoms with Gasteiger partial charge in [-0.3, -0.25) is 4.79 Å². The number of benzene rings is 2. The van der Waals surface area contributed by atoms with Gasteiger partial charge < -0.3 is 14.5 Å². The molecule has 1 saturated heterocycles. The highest BCUT2D eigenvalue weighted by Gasteiger charge is 2.36. The Morgan fingerprint density at radius 1 is 1.03 bits per heavy atom. The topological polar surface area (TPSA) is 91.8 Å². The normalized spacial score (nSPS) is 14.4. The van der Waals surface area contributed by atoms with Crippen LogP contribution in [0.3, 0.4) is 0 Å². The van der Waals surface area contributed by atoms with Gasteiger partial charge in [0, 0.05) is 37.4 Å². The largest absolute Gasteiger partial charge is 0.495 e. The molecule has 0 atom stereocenters. The molecule has 1 aliphatic rings. The Morgan fingerprint density at radius 2 is 1.70 bits per heavy atom. The van der Waals surface area contributed by atoms with Crippen LogP contribution in [0.5, 0.6) is 5.75 Å². The standard InChI is InChI=1S/C24H22ClF3N4O4S/c1-36-21-5-3-2-4-20(21)31-10-12-32(13-11-31)22-9-7-17(15-29-22)37(34,35)30-23(33)18-8-6-16(25)14-19(18)24(26,27)28/h2-9,14-15H,10-13H2,1H3,(H,30,33). The smallest absolute Gasteiger partial charge is 0.417 e. The fourth-order valence-corrected chi connectivity index (χ4v) is 5.05. The number of anilines is 2. The highest BCUT2D eigenvalue weighted by atomic mass is 35.5. The van der Waals surface area contributed by atoms with Gasteiger partial charge in [0.15, 0.2) is 0 Å². The van der Waals surface area contributed by atoms with E-state index in [1.54, 1.807) is 11.8 Å². The molecule has 1 aromatic heterocycles. The maximum absolute atomic E-state index is 13.3. The molecule has 0 aliphatic carbocycles. The van der Waals surface area contributed by atoms with Crippen LogP contribution in [-0.2, 0) is 16.2 Å². The molecule has 0 spiro atoms. The van der Waals surface area contributed by atoms with Gasteiger partial charge in [0.25, 0.3) is 15.9 Å². The molecule has 0 radical (unpaired) electrons. The zero-order valence-electron chi connectivity index (χ0n) is 19.5. The number of sulfonamides is 1. The van der Waals surface area contributed by atoms with Gasteiger partial charge in [-0.15, -0.1) is 0 Å². The zero-order valence-corrected chi connectivity index (χ0v) is 21.1. The third-order valence-electron chi connectivity index (χ3n) is 5.82. The SMILES string of the molecule is COc1ccccc1N1CCN(c2ccc(S(=O)(=O)NC(=O)c3ccc(Cl)cc3C(F)(F)F)cn2)CC1. The fourth-order valence-electron chi connectivity index (χ4n) is 3.97. The van der Waals surface area contributed by atoms with Crippen molar-refractivity contribution in [2.75, 3.05) is 43.1 Å². The summed E-state index contributed by atoms with van der Waals surface area (Å²) < 4.78 is 72.4. The Morgan fingerprint density at radius 3 is 2.32 bits per heavy atom. The van der Waals surface area contributed by atoms with Crippen molar-refractivity contribution in [1.82, 2.24) is 9.71 Å². The molecular weight excluding hydrogens is 533 g/mol.